The molecule has 92 valence electrons. The molecule has 1 N–H and O–H groups in total. The monoisotopic (exact) mass is 236 g/mol. The van der Waals surface area contributed by atoms with Crippen molar-refractivity contribution in [3.63, 3.8) is 0 Å². The van der Waals surface area contributed by atoms with Gasteiger partial charge in [-0.05, 0) is 31.2 Å². The van der Waals surface area contributed by atoms with E-state index in [9.17, 15) is 4.79 Å². The van der Waals surface area contributed by atoms with Crippen LogP contribution in [-0.4, -0.2) is 27.4 Å². The molecule has 2 unspecified atom stereocenters. The van der Waals surface area contributed by atoms with Gasteiger partial charge in [-0.25, -0.2) is 4.79 Å². The third-order valence-corrected chi connectivity index (χ3v) is 3.03. The van der Waals surface area contributed by atoms with Crippen LogP contribution in [0.25, 0.3) is 0 Å². The zero-order chi connectivity index (χ0) is 12.3. The molecule has 0 bridgehead atoms. The van der Waals surface area contributed by atoms with Gasteiger partial charge >= 0.3 is 5.97 Å². The third kappa shape index (κ3) is 3.15. The summed E-state index contributed by atoms with van der Waals surface area (Å²) < 4.78 is 5.69. The summed E-state index contributed by atoms with van der Waals surface area (Å²) in [6.45, 7) is 2.22. The molecule has 1 aromatic heterocycles. The maximum atomic E-state index is 10.6. The maximum Gasteiger partial charge on any atom is 0.356 e. The lowest BCUT2D eigenvalue weighted by molar-refractivity contribution is 0.0688. The highest BCUT2D eigenvalue weighted by atomic mass is 16.5. The Hall–Kier alpha value is -1.65. The largest absolute Gasteiger partial charge is 0.476 e. The van der Waals surface area contributed by atoms with E-state index in [4.69, 9.17) is 9.84 Å². The molecule has 1 aromatic rings. The van der Waals surface area contributed by atoms with Gasteiger partial charge in [0.25, 0.3) is 0 Å². The fourth-order valence-corrected chi connectivity index (χ4v) is 2.15. The number of carbonyl (C=O) groups is 1. The Labute approximate surface area is 99.8 Å². The quantitative estimate of drug-likeness (QED) is 0.870. The average Bonchev–Trinajstić information content (AvgIpc) is 2.29. The van der Waals surface area contributed by atoms with Crippen LogP contribution in [0.3, 0.4) is 0 Å². The standard InChI is InChI=1S/C12H16N2O3/c1-8-3-2-4-9(7-8)17-11-6-5-10(12(15)16)13-14-11/h5-6,8-9H,2-4,7H2,1H3,(H,15,16). The molecule has 5 nitrogen and oxygen atoms in total. The van der Waals surface area contributed by atoms with Gasteiger partial charge in [-0.3, -0.25) is 0 Å². The van der Waals surface area contributed by atoms with Crippen LogP contribution in [0.2, 0.25) is 0 Å². The van der Waals surface area contributed by atoms with Crippen LogP contribution in [0.5, 0.6) is 5.88 Å². The Kier molecular flexibility index (Phi) is 3.56. The van der Waals surface area contributed by atoms with Crippen molar-refractivity contribution in [3.8, 4) is 5.88 Å². The van der Waals surface area contributed by atoms with E-state index in [0.717, 1.165) is 12.8 Å². The lowest BCUT2D eigenvalue weighted by atomic mass is 9.89. The van der Waals surface area contributed by atoms with Crippen molar-refractivity contribution in [1.29, 1.82) is 0 Å². The second-order valence-corrected chi connectivity index (χ2v) is 4.57. The van der Waals surface area contributed by atoms with Gasteiger partial charge in [0, 0.05) is 6.07 Å². The van der Waals surface area contributed by atoms with Gasteiger partial charge < -0.3 is 9.84 Å². The fraction of sp³-hybridized carbons (Fsp3) is 0.583. The molecule has 0 aliphatic heterocycles. The molecule has 1 fully saturated rings. The molecule has 2 atom stereocenters. The lowest BCUT2D eigenvalue weighted by Crippen LogP contribution is -2.24. The van der Waals surface area contributed by atoms with Gasteiger partial charge in [-0.15, -0.1) is 10.2 Å². The summed E-state index contributed by atoms with van der Waals surface area (Å²) >= 11 is 0. The van der Waals surface area contributed by atoms with E-state index >= 15 is 0 Å². The molecule has 1 heterocycles. The molecule has 1 aliphatic rings. The Morgan fingerprint density at radius 1 is 1.41 bits per heavy atom. The highest BCUT2D eigenvalue weighted by molar-refractivity contribution is 5.84. The average molecular weight is 236 g/mol. The topological polar surface area (TPSA) is 72.3 Å². The minimum absolute atomic E-state index is 0.0608. The van der Waals surface area contributed by atoms with Crippen LogP contribution in [0.4, 0.5) is 0 Å². The molecule has 17 heavy (non-hydrogen) atoms. The van der Waals surface area contributed by atoms with Gasteiger partial charge in [-0.1, -0.05) is 13.3 Å². The van der Waals surface area contributed by atoms with Crippen LogP contribution >= 0.6 is 0 Å². The van der Waals surface area contributed by atoms with Crippen LogP contribution in [-0.2, 0) is 0 Å². The zero-order valence-corrected chi connectivity index (χ0v) is 9.80. The number of nitrogens with zero attached hydrogens (tertiary/aromatic N) is 2. The lowest BCUT2D eigenvalue weighted by Gasteiger charge is -2.26. The maximum absolute atomic E-state index is 10.6. The van der Waals surface area contributed by atoms with Gasteiger partial charge in [0.1, 0.15) is 6.10 Å². The summed E-state index contributed by atoms with van der Waals surface area (Å²) in [7, 11) is 0. The number of rotatable bonds is 3. The van der Waals surface area contributed by atoms with E-state index in [0.29, 0.717) is 11.8 Å². The number of hydrogen-bond donors (Lipinski definition) is 1. The van der Waals surface area contributed by atoms with Gasteiger partial charge in [-0.2, -0.15) is 0 Å². The molecule has 1 saturated carbocycles. The summed E-state index contributed by atoms with van der Waals surface area (Å²) in [5.41, 5.74) is -0.0608. The van der Waals surface area contributed by atoms with Gasteiger partial charge in [0.2, 0.25) is 5.88 Å². The van der Waals surface area contributed by atoms with Crippen LogP contribution < -0.4 is 4.74 Å². The molecule has 1 aliphatic carbocycles. The van der Waals surface area contributed by atoms with Gasteiger partial charge in [0.05, 0.1) is 0 Å². The third-order valence-electron chi connectivity index (χ3n) is 3.03. The fourth-order valence-electron chi connectivity index (χ4n) is 2.15. The number of aromatic carboxylic acids is 1. The van der Waals surface area contributed by atoms with E-state index in [1.807, 2.05) is 0 Å². The SMILES string of the molecule is CC1CCCC(Oc2ccc(C(=O)O)nn2)C1. The number of aromatic nitrogens is 2. The van der Waals surface area contributed by atoms with E-state index < -0.39 is 5.97 Å². The van der Waals surface area contributed by atoms with Crippen LogP contribution in [0.1, 0.15) is 43.1 Å². The first kappa shape index (κ1) is 11.8. The Morgan fingerprint density at radius 2 is 2.24 bits per heavy atom. The summed E-state index contributed by atoms with van der Waals surface area (Å²) in [5.74, 6) is 0.0180. The van der Waals surface area contributed by atoms with E-state index in [1.165, 1.54) is 18.9 Å². The predicted molar refractivity (Wildman–Crippen MR) is 61.0 cm³/mol. The molecular formula is C12H16N2O3. The van der Waals surface area contributed by atoms with E-state index in [1.54, 1.807) is 6.07 Å². The summed E-state index contributed by atoms with van der Waals surface area (Å²) in [5, 5.41) is 16.0. The number of carboxylic acids is 1. The number of carboxylic acid groups (broad SMARTS) is 1. The molecule has 5 heteroatoms. The molecule has 0 saturated heterocycles. The van der Waals surface area contributed by atoms with Crippen molar-refractivity contribution in [1.82, 2.24) is 10.2 Å². The highest BCUT2D eigenvalue weighted by Crippen LogP contribution is 2.26. The first-order chi connectivity index (χ1) is 8.15. The Bertz CT molecular complexity index is 391. The normalized spacial score (nSPS) is 24.3. The Morgan fingerprint density at radius 3 is 2.82 bits per heavy atom. The van der Waals surface area contributed by atoms with Crippen molar-refractivity contribution in [2.24, 2.45) is 5.92 Å². The Balaban J connectivity index is 1.96. The molecule has 0 amide bonds. The first-order valence-corrected chi connectivity index (χ1v) is 5.89. The molecule has 2 rings (SSSR count). The van der Waals surface area contributed by atoms with Crippen molar-refractivity contribution in [3.05, 3.63) is 17.8 Å². The second-order valence-electron chi connectivity index (χ2n) is 4.57. The number of hydrogen-bond acceptors (Lipinski definition) is 4. The second kappa shape index (κ2) is 5.12. The van der Waals surface area contributed by atoms with E-state index in [2.05, 4.69) is 17.1 Å². The number of ether oxygens (including phenoxy) is 1. The predicted octanol–water partition coefficient (Wildman–Crippen LogP) is 2.13. The van der Waals surface area contributed by atoms with Crippen molar-refractivity contribution < 1.29 is 14.6 Å². The van der Waals surface area contributed by atoms with Crippen molar-refractivity contribution in [2.45, 2.75) is 38.7 Å². The van der Waals surface area contributed by atoms with E-state index in [-0.39, 0.29) is 11.8 Å². The van der Waals surface area contributed by atoms with Gasteiger partial charge in [0.15, 0.2) is 5.69 Å². The minimum Gasteiger partial charge on any atom is -0.476 e. The van der Waals surface area contributed by atoms with Crippen molar-refractivity contribution in [2.75, 3.05) is 0 Å². The smallest absolute Gasteiger partial charge is 0.356 e. The van der Waals surface area contributed by atoms with Crippen LogP contribution in [0.15, 0.2) is 12.1 Å². The molecule has 0 aromatic carbocycles. The zero-order valence-electron chi connectivity index (χ0n) is 9.80. The molecular weight excluding hydrogens is 220 g/mol. The summed E-state index contributed by atoms with van der Waals surface area (Å²) in [6, 6.07) is 2.98. The van der Waals surface area contributed by atoms with Crippen LogP contribution in [0, 0.1) is 5.92 Å². The first-order valence-electron chi connectivity index (χ1n) is 5.89. The molecule has 0 radical (unpaired) electrons. The molecule has 0 spiro atoms. The summed E-state index contributed by atoms with van der Waals surface area (Å²) in [6.07, 6.45) is 4.68. The van der Waals surface area contributed by atoms with Crippen molar-refractivity contribution >= 4 is 5.97 Å². The highest BCUT2D eigenvalue weighted by Gasteiger charge is 2.20. The minimum atomic E-state index is -1.07. The summed E-state index contributed by atoms with van der Waals surface area (Å²) in [4.78, 5) is 10.6.